The zero-order chi connectivity index (χ0) is 25.9. The van der Waals surface area contributed by atoms with Crippen LogP contribution in [0.25, 0.3) is 0 Å². The zero-order valence-electron chi connectivity index (χ0n) is 22.3. The Balaban J connectivity index is 0.885. The maximum atomic E-state index is 13.9. The molecule has 2 heterocycles. The highest BCUT2D eigenvalue weighted by molar-refractivity contribution is 7.93. The predicted molar refractivity (Wildman–Crippen MR) is 142 cm³/mol. The summed E-state index contributed by atoms with van der Waals surface area (Å²) < 4.78 is 38.1. The summed E-state index contributed by atoms with van der Waals surface area (Å²) in [7, 11) is -3.13. The molecule has 1 aromatic rings. The lowest BCUT2D eigenvalue weighted by molar-refractivity contribution is -0.106. The highest BCUT2D eigenvalue weighted by Crippen LogP contribution is 2.70. The fourth-order valence-electron chi connectivity index (χ4n) is 8.62. The average molecular weight is 547 g/mol. The third-order valence-electron chi connectivity index (χ3n) is 10.7. The fraction of sp³-hybridized carbons (Fsp3) is 0.857. The van der Waals surface area contributed by atoms with Crippen molar-refractivity contribution in [2.24, 2.45) is 17.8 Å². The molecule has 1 aliphatic heterocycles. The molecule has 6 fully saturated rings. The predicted octanol–water partition coefficient (Wildman–Crippen LogP) is 2.49. The van der Waals surface area contributed by atoms with Gasteiger partial charge >= 0.3 is 0 Å². The Bertz CT molecular complexity index is 1120. The van der Waals surface area contributed by atoms with E-state index in [4.69, 9.17) is 9.26 Å². The molecule has 5 atom stereocenters. The Morgan fingerprint density at radius 1 is 1.03 bits per heavy atom. The quantitative estimate of drug-likeness (QED) is 0.486. The second-order valence-electron chi connectivity index (χ2n) is 13.0. The monoisotopic (exact) mass is 546 g/mol. The Morgan fingerprint density at radius 2 is 1.74 bits per heavy atom. The molecule has 2 N–H and O–H groups in total. The van der Waals surface area contributed by atoms with Gasteiger partial charge in [0.25, 0.3) is 5.91 Å². The van der Waals surface area contributed by atoms with Crippen LogP contribution in [0, 0.1) is 17.8 Å². The minimum atomic E-state index is -3.13. The Kier molecular flexibility index (Phi) is 6.61. The molecule has 6 aliphatic rings. The van der Waals surface area contributed by atoms with E-state index in [1.54, 1.807) is 6.07 Å². The van der Waals surface area contributed by atoms with E-state index in [9.17, 15) is 13.2 Å². The Hall–Kier alpha value is -1.49. The van der Waals surface area contributed by atoms with Gasteiger partial charge in [-0.2, -0.15) is 0 Å². The number of morpholine rings is 1. The number of hydrogen-bond acceptors (Lipinski definition) is 8. The Labute approximate surface area is 225 Å². The maximum absolute atomic E-state index is 13.9. The molecule has 1 aromatic heterocycles. The van der Waals surface area contributed by atoms with E-state index in [1.807, 2.05) is 0 Å². The molecule has 1 amide bonds. The summed E-state index contributed by atoms with van der Waals surface area (Å²) in [6.45, 7) is 5.67. The summed E-state index contributed by atoms with van der Waals surface area (Å²) in [5.74, 6) is 2.24. The summed E-state index contributed by atoms with van der Waals surface area (Å²) in [5.41, 5.74) is 0.374. The largest absolute Gasteiger partial charge is 0.379 e. The molecular weight excluding hydrogens is 504 g/mol. The summed E-state index contributed by atoms with van der Waals surface area (Å²) in [6.07, 6.45) is 9.07. The van der Waals surface area contributed by atoms with Gasteiger partial charge in [-0.15, -0.1) is 0 Å². The third-order valence-corrected chi connectivity index (χ3v) is 13.8. The van der Waals surface area contributed by atoms with Crippen LogP contribution < -0.4 is 10.6 Å². The van der Waals surface area contributed by atoms with Gasteiger partial charge in [-0.25, -0.2) is 8.42 Å². The van der Waals surface area contributed by atoms with Gasteiger partial charge in [-0.3, -0.25) is 9.69 Å². The number of carbonyl (C=O) groups excluding carboxylic acids is 1. The first-order valence-electron chi connectivity index (χ1n) is 15.0. The summed E-state index contributed by atoms with van der Waals surface area (Å²) >= 11 is 0. The summed E-state index contributed by atoms with van der Waals surface area (Å²) in [6, 6.07) is 2.33. The molecule has 38 heavy (non-hydrogen) atoms. The highest BCUT2D eigenvalue weighted by atomic mass is 32.2. The number of rotatable bonds is 9. The second-order valence-corrected chi connectivity index (χ2v) is 15.5. The van der Waals surface area contributed by atoms with Gasteiger partial charge in [-0.05, 0) is 82.0 Å². The molecule has 0 spiro atoms. The second kappa shape index (κ2) is 9.85. The number of sulfone groups is 1. The number of nitrogens with zero attached hydrogens (tertiary/aromatic N) is 2. The van der Waals surface area contributed by atoms with Crippen molar-refractivity contribution in [2.45, 2.75) is 92.2 Å². The molecule has 7 rings (SSSR count). The van der Waals surface area contributed by atoms with E-state index in [2.05, 4.69) is 20.7 Å². The third kappa shape index (κ3) is 4.43. The zero-order valence-corrected chi connectivity index (χ0v) is 23.1. The van der Waals surface area contributed by atoms with Gasteiger partial charge < -0.3 is 19.9 Å². The van der Waals surface area contributed by atoms with E-state index in [0.717, 1.165) is 109 Å². The molecule has 0 bridgehead atoms. The number of ether oxygens (including phenoxy) is 1. The van der Waals surface area contributed by atoms with Crippen molar-refractivity contribution in [3.8, 4) is 0 Å². The van der Waals surface area contributed by atoms with Crippen LogP contribution in [0.1, 0.15) is 86.4 Å². The first-order valence-corrected chi connectivity index (χ1v) is 16.5. The van der Waals surface area contributed by atoms with Crippen molar-refractivity contribution >= 4 is 15.7 Å². The first-order chi connectivity index (χ1) is 18.4. The van der Waals surface area contributed by atoms with Crippen LogP contribution in [-0.4, -0.2) is 85.9 Å². The number of nitrogens with one attached hydrogen (secondary N) is 2. The van der Waals surface area contributed by atoms with E-state index < -0.39 is 14.6 Å². The van der Waals surface area contributed by atoms with Gasteiger partial charge in [-0.1, -0.05) is 5.16 Å². The van der Waals surface area contributed by atoms with Crippen LogP contribution in [0.4, 0.5) is 0 Å². The van der Waals surface area contributed by atoms with Gasteiger partial charge in [0.2, 0.25) is 0 Å². The lowest BCUT2D eigenvalue weighted by Gasteiger charge is -2.70. The van der Waals surface area contributed by atoms with Gasteiger partial charge in [0.15, 0.2) is 15.5 Å². The van der Waals surface area contributed by atoms with E-state index >= 15 is 0 Å². The van der Waals surface area contributed by atoms with Crippen molar-refractivity contribution in [2.75, 3.05) is 39.4 Å². The minimum absolute atomic E-state index is 0.106. The SMILES string of the molecule is O=C(N[C@@H]1C[C@@H]2CC3(S(=O)(=O)[C@H]4CC[C@H](NCCN5CCOCC5)CC4)C[C@H](C1)C23)c1cc(C2CC2)on1. The number of hydrogen-bond donors (Lipinski definition) is 2. The van der Waals surface area contributed by atoms with Crippen LogP contribution in [0.5, 0.6) is 0 Å². The topological polar surface area (TPSA) is 114 Å². The van der Waals surface area contributed by atoms with Crippen LogP contribution in [0.2, 0.25) is 0 Å². The van der Waals surface area contributed by atoms with Crippen LogP contribution in [0.3, 0.4) is 0 Å². The number of carbonyl (C=O) groups is 1. The van der Waals surface area contributed by atoms with Crippen molar-refractivity contribution in [1.29, 1.82) is 0 Å². The molecule has 0 aromatic carbocycles. The molecule has 5 saturated carbocycles. The van der Waals surface area contributed by atoms with Crippen molar-refractivity contribution in [3.63, 3.8) is 0 Å². The van der Waals surface area contributed by atoms with Crippen molar-refractivity contribution in [1.82, 2.24) is 20.7 Å². The minimum Gasteiger partial charge on any atom is -0.379 e. The lowest BCUT2D eigenvalue weighted by atomic mass is 9.42. The summed E-state index contributed by atoms with van der Waals surface area (Å²) in [4.78, 5) is 15.2. The summed E-state index contributed by atoms with van der Waals surface area (Å²) in [5, 5.41) is 10.7. The smallest absolute Gasteiger partial charge is 0.273 e. The molecule has 210 valence electrons. The molecule has 2 unspecified atom stereocenters. The van der Waals surface area contributed by atoms with Crippen molar-refractivity contribution < 1.29 is 22.5 Å². The van der Waals surface area contributed by atoms with Crippen molar-refractivity contribution in [3.05, 3.63) is 17.5 Å². The lowest BCUT2D eigenvalue weighted by Crippen LogP contribution is -2.74. The van der Waals surface area contributed by atoms with Gasteiger partial charge in [0.1, 0.15) is 5.76 Å². The molecule has 1 saturated heterocycles. The van der Waals surface area contributed by atoms with Gasteiger partial charge in [0, 0.05) is 50.2 Å². The molecule has 0 radical (unpaired) electrons. The van der Waals surface area contributed by atoms with E-state index in [0.29, 0.717) is 35.4 Å². The molecule has 5 aliphatic carbocycles. The van der Waals surface area contributed by atoms with Gasteiger partial charge in [0.05, 0.1) is 23.2 Å². The molecular formula is C28H42N4O5S. The van der Waals surface area contributed by atoms with Crippen LogP contribution >= 0.6 is 0 Å². The average Bonchev–Trinajstić information content (AvgIpc) is 3.62. The molecule has 10 heteroatoms. The number of aromatic nitrogens is 1. The van der Waals surface area contributed by atoms with Crippen LogP contribution in [-0.2, 0) is 14.6 Å². The van der Waals surface area contributed by atoms with Crippen LogP contribution in [0.15, 0.2) is 10.6 Å². The number of amides is 1. The molecule has 9 nitrogen and oxygen atoms in total. The van der Waals surface area contributed by atoms with E-state index in [-0.39, 0.29) is 17.2 Å². The fourth-order valence-corrected chi connectivity index (χ4v) is 11.8. The first kappa shape index (κ1) is 25.5. The van der Waals surface area contributed by atoms with E-state index in [1.165, 1.54) is 0 Å². The standard InChI is InChI=1S/C28H42N4O5S/c33-27(24-15-25(37-31-24)18-1-2-18)30-22-13-19-16-28(17-20(14-22)26(19)28)38(34,35)23-5-3-21(4-6-23)29-7-8-32-9-11-36-12-10-32/h15,18-23,26,29H,1-14,16-17H2,(H,30,33)/t19-,20+,21-,22-,23-,26?,28?. The maximum Gasteiger partial charge on any atom is 0.273 e. The normalized spacial score (nSPS) is 39.1. The Morgan fingerprint density at radius 3 is 2.42 bits per heavy atom. The highest BCUT2D eigenvalue weighted by Gasteiger charge is 2.73.